The summed E-state index contributed by atoms with van der Waals surface area (Å²) in [4.78, 5) is 12.7. The van der Waals surface area contributed by atoms with E-state index in [0.717, 1.165) is 4.88 Å². The molecule has 1 aromatic carbocycles. The maximum atomic E-state index is 11.7. The van der Waals surface area contributed by atoms with E-state index in [1.807, 2.05) is 17.5 Å². The monoisotopic (exact) mass is 322 g/mol. The molecule has 1 amide bonds. The van der Waals surface area contributed by atoms with Crippen LogP contribution in [0.4, 0.5) is 5.69 Å². The summed E-state index contributed by atoms with van der Waals surface area (Å²) >= 11 is 1.54. The number of hydrogen-bond donors (Lipinski definition) is 2. The molecule has 5 nitrogen and oxygen atoms in total. The van der Waals surface area contributed by atoms with Crippen molar-refractivity contribution >= 4 is 39.0 Å². The lowest BCUT2D eigenvalue weighted by Crippen LogP contribution is -2.14. The first-order valence-electron chi connectivity index (χ1n) is 6.04. The molecule has 2 aromatic rings. The Morgan fingerprint density at radius 3 is 2.52 bits per heavy atom. The highest BCUT2D eigenvalue weighted by Gasteiger charge is 2.05. The van der Waals surface area contributed by atoms with Crippen LogP contribution in [0.5, 0.6) is 0 Å². The number of thiophene rings is 1. The van der Waals surface area contributed by atoms with Crippen LogP contribution in [-0.2, 0) is 20.6 Å². The normalized spacial score (nSPS) is 11.7. The number of amides is 1. The van der Waals surface area contributed by atoms with Gasteiger partial charge in [0.1, 0.15) is 0 Å². The zero-order chi connectivity index (χ0) is 15.3. The molecular formula is C14H14N2O3S2. The standard InChI is InChI=1S/C14H14N2O3S2/c15-21(18,19)10-11-3-5-12(6-4-11)16-14(17)8-7-13-2-1-9-20-13/h1-9H,10H2,(H,16,17)(H2,15,18,19)/b8-7+. The molecule has 0 fully saturated rings. The quantitative estimate of drug-likeness (QED) is 0.827. The van der Waals surface area contributed by atoms with E-state index in [1.165, 1.54) is 6.08 Å². The fourth-order valence-corrected chi connectivity index (χ4v) is 2.92. The third-order valence-electron chi connectivity index (χ3n) is 2.53. The average Bonchev–Trinajstić information content (AvgIpc) is 2.90. The van der Waals surface area contributed by atoms with Gasteiger partial charge in [0.2, 0.25) is 15.9 Å². The molecule has 0 aliphatic carbocycles. The average molecular weight is 322 g/mol. The van der Waals surface area contributed by atoms with Crippen LogP contribution in [-0.4, -0.2) is 14.3 Å². The Hall–Kier alpha value is -1.96. The molecule has 21 heavy (non-hydrogen) atoms. The number of nitrogens with two attached hydrogens (primary N) is 1. The van der Waals surface area contributed by atoms with Crippen molar-refractivity contribution in [3.05, 3.63) is 58.3 Å². The van der Waals surface area contributed by atoms with E-state index in [-0.39, 0.29) is 11.7 Å². The van der Waals surface area contributed by atoms with E-state index in [4.69, 9.17) is 5.14 Å². The third kappa shape index (κ3) is 5.50. The van der Waals surface area contributed by atoms with Crippen LogP contribution in [0.1, 0.15) is 10.4 Å². The number of rotatable bonds is 5. The summed E-state index contributed by atoms with van der Waals surface area (Å²) in [6.45, 7) is 0. The van der Waals surface area contributed by atoms with Gasteiger partial charge in [0, 0.05) is 16.6 Å². The molecule has 110 valence electrons. The second-order valence-corrected chi connectivity index (χ2v) is 6.94. The summed E-state index contributed by atoms with van der Waals surface area (Å²) in [5.74, 6) is -0.470. The minimum Gasteiger partial charge on any atom is -0.323 e. The second-order valence-electron chi connectivity index (χ2n) is 4.34. The molecule has 0 saturated heterocycles. The maximum Gasteiger partial charge on any atom is 0.248 e. The Kier molecular flexibility index (Phi) is 4.89. The molecule has 0 atom stereocenters. The minimum absolute atomic E-state index is 0.223. The first-order valence-corrected chi connectivity index (χ1v) is 8.64. The fraction of sp³-hybridized carbons (Fsp3) is 0.0714. The van der Waals surface area contributed by atoms with Crippen molar-refractivity contribution in [2.24, 2.45) is 5.14 Å². The Bertz CT molecular complexity index is 733. The SMILES string of the molecule is NS(=O)(=O)Cc1ccc(NC(=O)/C=C/c2cccs2)cc1. The van der Waals surface area contributed by atoms with Crippen LogP contribution in [0.25, 0.3) is 6.08 Å². The number of hydrogen-bond acceptors (Lipinski definition) is 4. The van der Waals surface area contributed by atoms with E-state index < -0.39 is 10.0 Å². The highest BCUT2D eigenvalue weighted by Crippen LogP contribution is 2.13. The van der Waals surface area contributed by atoms with Gasteiger partial charge in [-0.2, -0.15) is 0 Å². The van der Waals surface area contributed by atoms with E-state index >= 15 is 0 Å². The van der Waals surface area contributed by atoms with Gasteiger partial charge in [0.15, 0.2) is 0 Å². The topological polar surface area (TPSA) is 89.3 Å². The van der Waals surface area contributed by atoms with Crippen molar-refractivity contribution < 1.29 is 13.2 Å². The first kappa shape index (κ1) is 15.4. The summed E-state index contributed by atoms with van der Waals surface area (Å²) in [6.07, 6.45) is 3.18. The molecule has 0 unspecified atom stereocenters. The number of nitrogens with one attached hydrogen (secondary N) is 1. The van der Waals surface area contributed by atoms with Crippen molar-refractivity contribution in [2.75, 3.05) is 5.32 Å². The van der Waals surface area contributed by atoms with Crippen molar-refractivity contribution in [3.8, 4) is 0 Å². The lowest BCUT2D eigenvalue weighted by Gasteiger charge is -2.04. The molecule has 1 heterocycles. The van der Waals surface area contributed by atoms with Gasteiger partial charge in [-0.25, -0.2) is 13.6 Å². The van der Waals surface area contributed by atoms with E-state index in [0.29, 0.717) is 11.3 Å². The molecule has 0 saturated carbocycles. The highest BCUT2D eigenvalue weighted by molar-refractivity contribution is 7.88. The van der Waals surface area contributed by atoms with Crippen LogP contribution in [0.3, 0.4) is 0 Å². The second kappa shape index (κ2) is 6.66. The number of anilines is 1. The number of primary sulfonamides is 1. The zero-order valence-corrected chi connectivity index (χ0v) is 12.7. The van der Waals surface area contributed by atoms with Crippen molar-refractivity contribution in [3.63, 3.8) is 0 Å². The Balaban J connectivity index is 1.95. The summed E-state index contributed by atoms with van der Waals surface area (Å²) < 4.78 is 21.9. The molecule has 0 spiro atoms. The lowest BCUT2D eigenvalue weighted by molar-refractivity contribution is -0.111. The van der Waals surface area contributed by atoms with Crippen LogP contribution >= 0.6 is 11.3 Å². The zero-order valence-electron chi connectivity index (χ0n) is 11.0. The van der Waals surface area contributed by atoms with Crippen LogP contribution in [0.15, 0.2) is 47.9 Å². The van der Waals surface area contributed by atoms with Gasteiger partial charge >= 0.3 is 0 Å². The molecule has 7 heteroatoms. The molecular weight excluding hydrogens is 308 g/mol. The smallest absolute Gasteiger partial charge is 0.248 e. The maximum absolute atomic E-state index is 11.7. The highest BCUT2D eigenvalue weighted by atomic mass is 32.2. The van der Waals surface area contributed by atoms with E-state index in [1.54, 1.807) is 41.7 Å². The summed E-state index contributed by atoms with van der Waals surface area (Å²) in [7, 11) is -3.54. The van der Waals surface area contributed by atoms with Gasteiger partial charge in [-0.15, -0.1) is 11.3 Å². The van der Waals surface area contributed by atoms with Crippen molar-refractivity contribution in [2.45, 2.75) is 5.75 Å². The minimum atomic E-state index is -3.54. The number of sulfonamides is 1. The third-order valence-corrected chi connectivity index (χ3v) is 4.10. The fourth-order valence-electron chi connectivity index (χ4n) is 1.64. The molecule has 0 aliphatic heterocycles. The van der Waals surface area contributed by atoms with Gasteiger partial charge in [0.25, 0.3) is 0 Å². The van der Waals surface area contributed by atoms with Gasteiger partial charge in [-0.3, -0.25) is 4.79 Å². The molecule has 1 aromatic heterocycles. The number of carbonyl (C=O) groups excluding carboxylic acids is 1. The predicted octanol–water partition coefficient (Wildman–Crippen LogP) is 2.19. The lowest BCUT2D eigenvalue weighted by atomic mass is 10.2. The molecule has 0 bridgehead atoms. The molecule has 2 rings (SSSR count). The first-order chi connectivity index (χ1) is 9.92. The van der Waals surface area contributed by atoms with Gasteiger partial charge in [-0.1, -0.05) is 18.2 Å². The number of benzene rings is 1. The van der Waals surface area contributed by atoms with Gasteiger partial charge < -0.3 is 5.32 Å². The van der Waals surface area contributed by atoms with Crippen LogP contribution in [0, 0.1) is 0 Å². The predicted molar refractivity (Wildman–Crippen MR) is 85.2 cm³/mol. The molecule has 3 N–H and O–H groups in total. The van der Waals surface area contributed by atoms with Crippen molar-refractivity contribution in [1.82, 2.24) is 0 Å². The van der Waals surface area contributed by atoms with E-state index in [2.05, 4.69) is 5.32 Å². The molecule has 0 radical (unpaired) electrons. The summed E-state index contributed by atoms with van der Waals surface area (Å²) in [5, 5.41) is 9.59. The summed E-state index contributed by atoms with van der Waals surface area (Å²) in [5.41, 5.74) is 1.17. The van der Waals surface area contributed by atoms with Gasteiger partial charge in [-0.05, 0) is 35.2 Å². The molecule has 0 aliphatic rings. The Labute approximate surface area is 127 Å². The van der Waals surface area contributed by atoms with Crippen LogP contribution < -0.4 is 10.5 Å². The Morgan fingerprint density at radius 2 is 1.95 bits per heavy atom. The van der Waals surface area contributed by atoms with Crippen LogP contribution in [0.2, 0.25) is 0 Å². The number of carbonyl (C=O) groups is 1. The largest absolute Gasteiger partial charge is 0.323 e. The van der Waals surface area contributed by atoms with Crippen molar-refractivity contribution in [1.29, 1.82) is 0 Å². The van der Waals surface area contributed by atoms with Gasteiger partial charge in [0.05, 0.1) is 5.75 Å². The summed E-state index contributed by atoms with van der Waals surface area (Å²) in [6, 6.07) is 10.3. The Morgan fingerprint density at radius 1 is 1.24 bits per heavy atom. The van der Waals surface area contributed by atoms with E-state index in [9.17, 15) is 13.2 Å².